The van der Waals surface area contributed by atoms with Gasteiger partial charge >= 0.3 is 11.9 Å². The molecule has 0 bridgehead atoms. The Balaban J connectivity index is 2.53. The number of ether oxygens (including phenoxy) is 1. The summed E-state index contributed by atoms with van der Waals surface area (Å²) < 4.78 is 4.57. The number of carbonyl (C=O) groups is 2. The number of carboxylic acids is 1. The lowest BCUT2D eigenvalue weighted by Gasteiger charge is -2.19. The average Bonchev–Trinajstić information content (AvgIpc) is 2.50. The maximum atomic E-state index is 11.1. The van der Waals surface area contributed by atoms with Crippen LogP contribution in [0.3, 0.4) is 0 Å². The van der Waals surface area contributed by atoms with E-state index < -0.39 is 5.97 Å². The van der Waals surface area contributed by atoms with Crippen LogP contribution in [-0.2, 0) is 14.3 Å². The number of carboxylic acid groups (broad SMARTS) is 1. The minimum absolute atomic E-state index is 0.0836. The van der Waals surface area contributed by atoms with Crippen molar-refractivity contribution in [2.24, 2.45) is 0 Å². The van der Waals surface area contributed by atoms with Crippen LogP contribution >= 0.6 is 0 Å². The molecule has 74 valence electrons. The van der Waals surface area contributed by atoms with E-state index in [2.05, 4.69) is 4.74 Å². The van der Waals surface area contributed by atoms with Gasteiger partial charge < -0.3 is 9.84 Å². The Morgan fingerprint density at radius 2 is 2.31 bits per heavy atom. The fourth-order valence-electron chi connectivity index (χ4n) is 1.59. The van der Waals surface area contributed by atoms with Gasteiger partial charge in [0.15, 0.2) is 0 Å². The number of hydrogen-bond acceptors (Lipinski definition) is 4. The van der Waals surface area contributed by atoms with Crippen LogP contribution in [-0.4, -0.2) is 48.2 Å². The number of esters is 1. The van der Waals surface area contributed by atoms with Gasteiger partial charge in [-0.15, -0.1) is 0 Å². The summed E-state index contributed by atoms with van der Waals surface area (Å²) in [5.74, 6) is -1.24. The molecular weight excluding hydrogens is 174 g/mol. The zero-order valence-corrected chi connectivity index (χ0v) is 7.52. The Bertz CT molecular complexity index is 216. The van der Waals surface area contributed by atoms with Gasteiger partial charge in [0.05, 0.1) is 13.7 Å². The molecule has 1 heterocycles. The van der Waals surface area contributed by atoms with Crippen LogP contribution in [0.25, 0.3) is 0 Å². The molecule has 0 amide bonds. The summed E-state index contributed by atoms with van der Waals surface area (Å²) in [6.45, 7) is 0.575. The molecule has 1 fully saturated rings. The average molecular weight is 187 g/mol. The number of methoxy groups -OCH3 is 1. The number of rotatable bonds is 3. The van der Waals surface area contributed by atoms with E-state index in [1.54, 1.807) is 4.90 Å². The summed E-state index contributed by atoms with van der Waals surface area (Å²) in [5, 5.41) is 8.55. The van der Waals surface area contributed by atoms with Crippen molar-refractivity contribution in [2.75, 3.05) is 20.2 Å². The molecule has 5 nitrogen and oxygen atoms in total. The van der Waals surface area contributed by atoms with Crippen LogP contribution in [0.1, 0.15) is 12.8 Å². The third-order valence-electron chi connectivity index (χ3n) is 2.18. The molecule has 0 radical (unpaired) electrons. The minimum atomic E-state index is -0.907. The Labute approximate surface area is 76.3 Å². The minimum Gasteiger partial charge on any atom is -0.480 e. The molecule has 1 unspecified atom stereocenters. The van der Waals surface area contributed by atoms with Crippen molar-refractivity contribution in [3.8, 4) is 0 Å². The summed E-state index contributed by atoms with van der Waals surface area (Å²) in [6.07, 6.45) is 1.55. The predicted molar refractivity (Wildman–Crippen MR) is 44.2 cm³/mol. The maximum Gasteiger partial charge on any atom is 0.323 e. The lowest BCUT2D eigenvalue weighted by molar-refractivity contribution is -0.147. The first-order valence-corrected chi connectivity index (χ1v) is 4.19. The van der Waals surface area contributed by atoms with Crippen molar-refractivity contribution in [3.63, 3.8) is 0 Å². The summed E-state index contributed by atoms with van der Waals surface area (Å²) in [6, 6.07) is -0.360. The van der Waals surface area contributed by atoms with E-state index in [1.165, 1.54) is 7.11 Å². The highest BCUT2D eigenvalue weighted by atomic mass is 16.5. The molecule has 1 atom stereocenters. The van der Waals surface area contributed by atoms with Gasteiger partial charge in [-0.3, -0.25) is 14.5 Å². The molecule has 1 rings (SSSR count). The lowest BCUT2D eigenvalue weighted by atomic mass is 10.2. The molecule has 0 aromatic rings. The molecule has 5 heteroatoms. The largest absolute Gasteiger partial charge is 0.480 e. The topological polar surface area (TPSA) is 66.8 Å². The lowest BCUT2D eigenvalue weighted by Crippen LogP contribution is -2.39. The van der Waals surface area contributed by atoms with Gasteiger partial charge in [0.25, 0.3) is 0 Å². The van der Waals surface area contributed by atoms with E-state index in [0.29, 0.717) is 13.0 Å². The van der Waals surface area contributed by atoms with E-state index in [1.807, 2.05) is 0 Å². The summed E-state index contributed by atoms with van der Waals surface area (Å²) >= 11 is 0. The molecule has 1 aliphatic rings. The normalized spacial score (nSPS) is 23.0. The fourth-order valence-corrected chi connectivity index (χ4v) is 1.59. The first-order valence-electron chi connectivity index (χ1n) is 4.19. The Kier molecular flexibility index (Phi) is 3.25. The first kappa shape index (κ1) is 9.98. The summed E-state index contributed by atoms with van der Waals surface area (Å²) in [4.78, 5) is 23.2. The van der Waals surface area contributed by atoms with E-state index in [0.717, 1.165) is 6.42 Å². The van der Waals surface area contributed by atoms with Gasteiger partial charge in [0, 0.05) is 0 Å². The van der Waals surface area contributed by atoms with Gasteiger partial charge in [0.1, 0.15) is 6.04 Å². The molecule has 0 aromatic heterocycles. The highest BCUT2D eigenvalue weighted by molar-refractivity contribution is 5.77. The Morgan fingerprint density at radius 3 is 2.85 bits per heavy atom. The SMILES string of the molecule is COC(=O)C1CCCN1CC(=O)O. The molecular formula is C8H13NO4. The second kappa shape index (κ2) is 4.23. The number of carbonyl (C=O) groups excluding carboxylic acids is 1. The molecule has 0 aromatic carbocycles. The molecule has 1 saturated heterocycles. The van der Waals surface area contributed by atoms with Gasteiger partial charge in [-0.05, 0) is 19.4 Å². The van der Waals surface area contributed by atoms with Crippen LogP contribution in [0, 0.1) is 0 Å². The fraction of sp³-hybridized carbons (Fsp3) is 0.750. The third-order valence-corrected chi connectivity index (χ3v) is 2.18. The van der Waals surface area contributed by atoms with Crippen LogP contribution < -0.4 is 0 Å². The molecule has 0 spiro atoms. The van der Waals surface area contributed by atoms with E-state index in [9.17, 15) is 9.59 Å². The van der Waals surface area contributed by atoms with Crippen molar-refractivity contribution >= 4 is 11.9 Å². The van der Waals surface area contributed by atoms with E-state index in [-0.39, 0.29) is 18.6 Å². The van der Waals surface area contributed by atoms with Crippen LogP contribution in [0.4, 0.5) is 0 Å². The van der Waals surface area contributed by atoms with Crippen molar-refractivity contribution in [1.29, 1.82) is 0 Å². The first-order chi connectivity index (χ1) is 6.15. The van der Waals surface area contributed by atoms with Gasteiger partial charge in [-0.1, -0.05) is 0 Å². The molecule has 1 N–H and O–H groups in total. The zero-order chi connectivity index (χ0) is 9.84. The zero-order valence-electron chi connectivity index (χ0n) is 7.52. The van der Waals surface area contributed by atoms with E-state index in [4.69, 9.17) is 5.11 Å². The quantitative estimate of drug-likeness (QED) is 0.615. The van der Waals surface area contributed by atoms with Crippen LogP contribution in [0.5, 0.6) is 0 Å². The monoisotopic (exact) mass is 187 g/mol. The van der Waals surface area contributed by atoms with Crippen molar-refractivity contribution in [2.45, 2.75) is 18.9 Å². The van der Waals surface area contributed by atoms with Crippen molar-refractivity contribution in [1.82, 2.24) is 4.90 Å². The van der Waals surface area contributed by atoms with Crippen molar-refractivity contribution in [3.05, 3.63) is 0 Å². The van der Waals surface area contributed by atoms with Gasteiger partial charge in [-0.25, -0.2) is 0 Å². The van der Waals surface area contributed by atoms with Gasteiger partial charge in [0.2, 0.25) is 0 Å². The van der Waals surface area contributed by atoms with Gasteiger partial charge in [-0.2, -0.15) is 0 Å². The molecule has 13 heavy (non-hydrogen) atoms. The second-order valence-corrected chi connectivity index (χ2v) is 3.05. The summed E-state index contributed by atoms with van der Waals surface area (Å²) in [7, 11) is 1.32. The number of hydrogen-bond donors (Lipinski definition) is 1. The predicted octanol–water partition coefficient (Wildman–Crippen LogP) is -0.292. The molecule has 0 saturated carbocycles. The maximum absolute atomic E-state index is 11.1. The third kappa shape index (κ3) is 2.42. The van der Waals surface area contributed by atoms with Crippen LogP contribution in [0.15, 0.2) is 0 Å². The van der Waals surface area contributed by atoms with Crippen LogP contribution in [0.2, 0.25) is 0 Å². The standard InChI is InChI=1S/C8H13NO4/c1-13-8(12)6-3-2-4-9(6)5-7(10)11/h6H,2-5H2,1H3,(H,10,11). The molecule has 1 aliphatic heterocycles. The number of aliphatic carboxylic acids is 1. The van der Waals surface area contributed by atoms with Crippen molar-refractivity contribution < 1.29 is 19.4 Å². The Morgan fingerprint density at radius 1 is 1.62 bits per heavy atom. The number of nitrogens with zero attached hydrogens (tertiary/aromatic N) is 1. The molecule has 0 aliphatic carbocycles. The number of likely N-dealkylation sites (tertiary alicyclic amines) is 1. The summed E-state index contributed by atoms with van der Waals surface area (Å²) in [5.41, 5.74) is 0. The highest BCUT2D eigenvalue weighted by Gasteiger charge is 2.32. The highest BCUT2D eigenvalue weighted by Crippen LogP contribution is 2.17. The second-order valence-electron chi connectivity index (χ2n) is 3.05. The smallest absolute Gasteiger partial charge is 0.323 e. The van der Waals surface area contributed by atoms with E-state index >= 15 is 0 Å². The Hall–Kier alpha value is -1.10.